The molecule has 1 aliphatic carbocycles. The lowest BCUT2D eigenvalue weighted by molar-refractivity contribution is 0.101. The summed E-state index contributed by atoms with van der Waals surface area (Å²) < 4.78 is 5.53. The molecule has 20 heavy (non-hydrogen) atoms. The molecule has 0 radical (unpaired) electrons. The zero-order valence-corrected chi connectivity index (χ0v) is 12.8. The van der Waals surface area contributed by atoms with Gasteiger partial charge in [-0.3, -0.25) is 0 Å². The number of para-hydroxylation sites is 1. The van der Waals surface area contributed by atoms with Crippen molar-refractivity contribution in [2.75, 3.05) is 13.2 Å². The molecule has 1 aromatic rings. The largest absolute Gasteiger partial charge is 0.489 e. The molecule has 1 aliphatic rings. The molecule has 0 saturated heterocycles. The minimum Gasteiger partial charge on any atom is -0.489 e. The molecule has 1 aromatic carbocycles. The Bertz CT molecular complexity index is 405. The summed E-state index contributed by atoms with van der Waals surface area (Å²) in [5.41, 5.74) is 0. The maximum atomic E-state index is 9.95. The lowest BCUT2D eigenvalue weighted by atomic mass is 9.87. The van der Waals surface area contributed by atoms with Crippen LogP contribution in [0.2, 0.25) is 5.02 Å². The molecule has 2 N–H and O–H groups in total. The number of aliphatic hydroxyl groups is 1. The molecule has 4 heteroatoms. The highest BCUT2D eigenvalue weighted by Crippen LogP contribution is 2.24. The van der Waals surface area contributed by atoms with Crippen molar-refractivity contribution in [3.8, 4) is 5.75 Å². The highest BCUT2D eigenvalue weighted by atomic mass is 35.5. The number of rotatable bonds is 6. The SMILES string of the molecule is CC1CCC(NCC(O)COc2ccccc2Cl)CC1. The summed E-state index contributed by atoms with van der Waals surface area (Å²) >= 11 is 6.00. The Hall–Kier alpha value is -0.770. The van der Waals surface area contributed by atoms with Crippen LogP contribution in [0.1, 0.15) is 32.6 Å². The van der Waals surface area contributed by atoms with Crippen molar-refractivity contribution in [2.45, 2.75) is 44.8 Å². The second kappa shape index (κ2) is 7.87. The fourth-order valence-electron chi connectivity index (χ4n) is 2.57. The maximum absolute atomic E-state index is 9.95. The fraction of sp³-hybridized carbons (Fsp3) is 0.625. The van der Waals surface area contributed by atoms with Crippen molar-refractivity contribution in [3.63, 3.8) is 0 Å². The summed E-state index contributed by atoms with van der Waals surface area (Å²) in [7, 11) is 0. The topological polar surface area (TPSA) is 41.5 Å². The quantitative estimate of drug-likeness (QED) is 0.847. The summed E-state index contributed by atoms with van der Waals surface area (Å²) in [5.74, 6) is 1.47. The smallest absolute Gasteiger partial charge is 0.138 e. The number of nitrogens with one attached hydrogen (secondary N) is 1. The number of benzene rings is 1. The predicted molar refractivity (Wildman–Crippen MR) is 82.4 cm³/mol. The van der Waals surface area contributed by atoms with Gasteiger partial charge in [0.05, 0.1) is 5.02 Å². The molecular formula is C16H24ClNO2. The molecule has 0 aromatic heterocycles. The molecule has 1 saturated carbocycles. The normalized spacial score (nSPS) is 24.4. The first-order valence-electron chi connectivity index (χ1n) is 7.44. The van der Waals surface area contributed by atoms with Crippen LogP contribution in [0.4, 0.5) is 0 Å². The van der Waals surface area contributed by atoms with Crippen LogP contribution in [0.15, 0.2) is 24.3 Å². The average molecular weight is 298 g/mol. The fourth-order valence-corrected chi connectivity index (χ4v) is 2.76. The summed E-state index contributed by atoms with van der Waals surface area (Å²) in [6.07, 6.45) is 4.47. The third kappa shape index (κ3) is 4.97. The zero-order chi connectivity index (χ0) is 14.4. The number of hydrogen-bond acceptors (Lipinski definition) is 3. The van der Waals surface area contributed by atoms with Crippen LogP contribution >= 0.6 is 11.6 Å². The molecule has 0 aliphatic heterocycles. The Kier molecular flexibility index (Phi) is 6.14. The Morgan fingerprint density at radius 2 is 2.00 bits per heavy atom. The molecule has 0 heterocycles. The molecule has 112 valence electrons. The molecule has 1 atom stereocenters. The van der Waals surface area contributed by atoms with Gasteiger partial charge >= 0.3 is 0 Å². The van der Waals surface area contributed by atoms with Crippen LogP contribution in [0, 0.1) is 5.92 Å². The summed E-state index contributed by atoms with van der Waals surface area (Å²) in [4.78, 5) is 0. The van der Waals surface area contributed by atoms with E-state index in [0.717, 1.165) is 5.92 Å². The third-order valence-electron chi connectivity index (χ3n) is 3.93. The van der Waals surface area contributed by atoms with Gasteiger partial charge in [0.25, 0.3) is 0 Å². The number of ether oxygens (including phenoxy) is 1. The van der Waals surface area contributed by atoms with Crippen LogP contribution in [-0.4, -0.2) is 30.4 Å². The van der Waals surface area contributed by atoms with E-state index in [0.29, 0.717) is 23.4 Å². The van der Waals surface area contributed by atoms with E-state index >= 15 is 0 Å². The second-order valence-electron chi connectivity index (χ2n) is 5.76. The minimum atomic E-state index is -0.509. The van der Waals surface area contributed by atoms with Gasteiger partial charge in [0.15, 0.2) is 0 Å². The standard InChI is InChI=1S/C16H24ClNO2/c1-12-6-8-13(9-7-12)18-10-14(19)11-20-16-5-3-2-4-15(16)17/h2-5,12-14,18-19H,6-11H2,1H3. The van der Waals surface area contributed by atoms with Crippen LogP contribution in [0.5, 0.6) is 5.75 Å². The molecule has 3 nitrogen and oxygen atoms in total. The highest BCUT2D eigenvalue weighted by molar-refractivity contribution is 6.32. The lowest BCUT2D eigenvalue weighted by Gasteiger charge is -2.27. The molecule has 0 bridgehead atoms. The van der Waals surface area contributed by atoms with Gasteiger partial charge in [0, 0.05) is 12.6 Å². The Labute approximate surface area is 126 Å². The molecule has 2 rings (SSSR count). The van der Waals surface area contributed by atoms with Crippen molar-refractivity contribution in [2.24, 2.45) is 5.92 Å². The van der Waals surface area contributed by atoms with Crippen molar-refractivity contribution < 1.29 is 9.84 Å². The predicted octanol–water partition coefficient (Wildman–Crippen LogP) is 3.25. The van der Waals surface area contributed by atoms with Crippen LogP contribution in [0.3, 0.4) is 0 Å². The maximum Gasteiger partial charge on any atom is 0.138 e. The number of hydrogen-bond donors (Lipinski definition) is 2. The first-order valence-corrected chi connectivity index (χ1v) is 7.81. The molecule has 1 fully saturated rings. The van der Waals surface area contributed by atoms with Gasteiger partial charge in [-0.15, -0.1) is 0 Å². The van der Waals surface area contributed by atoms with Crippen molar-refractivity contribution in [1.29, 1.82) is 0 Å². The average Bonchev–Trinajstić information content (AvgIpc) is 2.46. The Balaban J connectivity index is 1.65. The van der Waals surface area contributed by atoms with Gasteiger partial charge in [-0.25, -0.2) is 0 Å². The molecule has 0 amide bonds. The zero-order valence-electron chi connectivity index (χ0n) is 12.0. The van der Waals surface area contributed by atoms with E-state index in [2.05, 4.69) is 12.2 Å². The number of aliphatic hydroxyl groups excluding tert-OH is 1. The highest BCUT2D eigenvalue weighted by Gasteiger charge is 2.18. The van der Waals surface area contributed by atoms with E-state index in [-0.39, 0.29) is 6.61 Å². The molecule has 1 unspecified atom stereocenters. The summed E-state index contributed by atoms with van der Waals surface area (Å²) in [6.45, 7) is 3.14. The molecule has 0 spiro atoms. The Morgan fingerprint density at radius 3 is 2.70 bits per heavy atom. The van der Waals surface area contributed by atoms with Crippen LogP contribution in [-0.2, 0) is 0 Å². The van der Waals surface area contributed by atoms with E-state index in [1.54, 1.807) is 6.07 Å². The van der Waals surface area contributed by atoms with E-state index in [1.165, 1.54) is 25.7 Å². The monoisotopic (exact) mass is 297 g/mol. The van der Waals surface area contributed by atoms with Crippen molar-refractivity contribution in [1.82, 2.24) is 5.32 Å². The van der Waals surface area contributed by atoms with Gasteiger partial charge in [0.1, 0.15) is 18.5 Å². The van der Waals surface area contributed by atoms with E-state index in [4.69, 9.17) is 16.3 Å². The summed E-state index contributed by atoms with van der Waals surface area (Å²) in [5, 5.41) is 14.0. The van der Waals surface area contributed by atoms with E-state index < -0.39 is 6.10 Å². The van der Waals surface area contributed by atoms with Gasteiger partial charge in [-0.05, 0) is 43.7 Å². The van der Waals surface area contributed by atoms with E-state index in [9.17, 15) is 5.11 Å². The van der Waals surface area contributed by atoms with Crippen molar-refractivity contribution >= 4 is 11.6 Å². The van der Waals surface area contributed by atoms with Crippen molar-refractivity contribution in [3.05, 3.63) is 29.3 Å². The van der Waals surface area contributed by atoms with Gasteiger partial charge in [0.2, 0.25) is 0 Å². The van der Waals surface area contributed by atoms with Gasteiger partial charge < -0.3 is 15.2 Å². The van der Waals surface area contributed by atoms with Crippen LogP contribution in [0.25, 0.3) is 0 Å². The van der Waals surface area contributed by atoms with Gasteiger partial charge in [-0.2, -0.15) is 0 Å². The first kappa shape index (κ1) is 15.6. The first-order chi connectivity index (χ1) is 9.65. The summed E-state index contributed by atoms with van der Waals surface area (Å²) in [6, 6.07) is 7.86. The number of halogens is 1. The van der Waals surface area contributed by atoms with Gasteiger partial charge in [-0.1, -0.05) is 30.7 Å². The Morgan fingerprint density at radius 1 is 1.30 bits per heavy atom. The van der Waals surface area contributed by atoms with E-state index in [1.807, 2.05) is 18.2 Å². The van der Waals surface area contributed by atoms with Crippen LogP contribution < -0.4 is 10.1 Å². The molecular weight excluding hydrogens is 274 g/mol. The minimum absolute atomic E-state index is 0.264. The second-order valence-corrected chi connectivity index (χ2v) is 6.17. The third-order valence-corrected chi connectivity index (χ3v) is 4.24. The lowest BCUT2D eigenvalue weighted by Crippen LogP contribution is -2.39.